The van der Waals surface area contributed by atoms with E-state index in [0.717, 1.165) is 30.4 Å². The highest BCUT2D eigenvalue weighted by Crippen LogP contribution is 2.32. The first-order chi connectivity index (χ1) is 11.6. The highest BCUT2D eigenvalue weighted by atomic mass is 32.1. The molecule has 3 rings (SSSR count). The Kier molecular flexibility index (Phi) is 5.00. The van der Waals surface area contributed by atoms with Crippen molar-refractivity contribution in [2.75, 3.05) is 7.05 Å². The Morgan fingerprint density at radius 2 is 1.96 bits per heavy atom. The predicted molar refractivity (Wildman–Crippen MR) is 96.5 cm³/mol. The third-order valence-electron chi connectivity index (χ3n) is 4.54. The van der Waals surface area contributed by atoms with Crippen LogP contribution < -0.4 is 10.6 Å². The van der Waals surface area contributed by atoms with E-state index in [0.29, 0.717) is 18.0 Å². The normalized spacial score (nSPS) is 16.3. The zero-order valence-corrected chi connectivity index (χ0v) is 14.8. The van der Waals surface area contributed by atoms with Crippen molar-refractivity contribution in [1.29, 1.82) is 0 Å². The lowest BCUT2D eigenvalue weighted by atomic mass is 9.88. The molecular weight excluding hydrogens is 320 g/mol. The fourth-order valence-corrected chi connectivity index (χ4v) is 4.31. The van der Waals surface area contributed by atoms with Gasteiger partial charge in [0.1, 0.15) is 0 Å². The Hall–Kier alpha value is -2.14. The molecule has 5 heteroatoms. The van der Waals surface area contributed by atoms with E-state index < -0.39 is 0 Å². The third kappa shape index (κ3) is 3.51. The standard InChI is InChI=1S/C19H22N2O2S/c1-12-3-8-15-16(11-24-17(15)9-12)19(23)21-10-13-4-6-14(7-5-13)18(22)20-2/h4-7,11-12H,3,8-10H2,1-2H3,(H,20,22)(H,21,23). The quantitative estimate of drug-likeness (QED) is 0.897. The Balaban J connectivity index is 1.63. The number of nitrogens with one attached hydrogen (secondary N) is 2. The largest absolute Gasteiger partial charge is 0.355 e. The molecule has 24 heavy (non-hydrogen) atoms. The Morgan fingerprint density at radius 1 is 1.21 bits per heavy atom. The van der Waals surface area contributed by atoms with Crippen molar-refractivity contribution < 1.29 is 9.59 Å². The van der Waals surface area contributed by atoms with Crippen molar-refractivity contribution in [3.8, 4) is 0 Å². The number of amides is 2. The number of rotatable bonds is 4. The zero-order chi connectivity index (χ0) is 17.1. The molecule has 1 aliphatic rings. The molecule has 1 aliphatic carbocycles. The van der Waals surface area contributed by atoms with Crippen LogP contribution in [-0.2, 0) is 19.4 Å². The molecule has 0 saturated carbocycles. The molecule has 2 amide bonds. The third-order valence-corrected chi connectivity index (χ3v) is 5.59. The van der Waals surface area contributed by atoms with E-state index in [1.54, 1.807) is 30.5 Å². The van der Waals surface area contributed by atoms with Gasteiger partial charge in [0.25, 0.3) is 11.8 Å². The van der Waals surface area contributed by atoms with Crippen LogP contribution in [0.3, 0.4) is 0 Å². The molecule has 0 spiro atoms. The molecule has 0 radical (unpaired) electrons. The number of hydrogen-bond donors (Lipinski definition) is 2. The van der Waals surface area contributed by atoms with Crippen molar-refractivity contribution in [2.45, 2.75) is 32.7 Å². The number of benzene rings is 1. The van der Waals surface area contributed by atoms with E-state index in [1.807, 2.05) is 17.5 Å². The SMILES string of the molecule is CNC(=O)c1ccc(CNC(=O)c2csc3c2CCC(C)C3)cc1. The van der Waals surface area contributed by atoms with Crippen LogP contribution in [0, 0.1) is 5.92 Å². The van der Waals surface area contributed by atoms with Crippen LogP contribution in [0.15, 0.2) is 29.6 Å². The minimum Gasteiger partial charge on any atom is -0.355 e. The van der Waals surface area contributed by atoms with Crippen LogP contribution in [0.2, 0.25) is 0 Å². The molecular formula is C19H22N2O2S. The summed E-state index contributed by atoms with van der Waals surface area (Å²) in [5, 5.41) is 7.58. The van der Waals surface area contributed by atoms with Crippen LogP contribution in [0.1, 0.15) is 50.1 Å². The summed E-state index contributed by atoms with van der Waals surface area (Å²) in [6, 6.07) is 7.29. The molecule has 0 fully saturated rings. The number of carbonyl (C=O) groups excluding carboxylic acids is 2. The highest BCUT2D eigenvalue weighted by molar-refractivity contribution is 7.10. The smallest absolute Gasteiger partial charge is 0.252 e. The summed E-state index contributed by atoms with van der Waals surface area (Å²) in [4.78, 5) is 25.4. The molecule has 4 nitrogen and oxygen atoms in total. The lowest BCUT2D eigenvalue weighted by Gasteiger charge is -2.18. The molecule has 0 bridgehead atoms. The van der Waals surface area contributed by atoms with Crippen LogP contribution in [0.5, 0.6) is 0 Å². The molecule has 1 unspecified atom stereocenters. The first kappa shape index (κ1) is 16.7. The Morgan fingerprint density at radius 3 is 2.67 bits per heavy atom. The highest BCUT2D eigenvalue weighted by Gasteiger charge is 2.22. The van der Waals surface area contributed by atoms with E-state index in [1.165, 1.54) is 10.4 Å². The van der Waals surface area contributed by atoms with E-state index >= 15 is 0 Å². The van der Waals surface area contributed by atoms with Crippen molar-refractivity contribution >= 4 is 23.2 Å². The summed E-state index contributed by atoms with van der Waals surface area (Å²) in [7, 11) is 1.61. The monoisotopic (exact) mass is 342 g/mol. The fourth-order valence-electron chi connectivity index (χ4n) is 3.06. The molecule has 0 saturated heterocycles. The molecule has 1 aromatic carbocycles. The van der Waals surface area contributed by atoms with Gasteiger partial charge in [-0.15, -0.1) is 11.3 Å². The lowest BCUT2D eigenvalue weighted by molar-refractivity contribution is 0.0945. The van der Waals surface area contributed by atoms with Crippen molar-refractivity contribution in [1.82, 2.24) is 10.6 Å². The van der Waals surface area contributed by atoms with Gasteiger partial charge in [-0.05, 0) is 48.4 Å². The number of hydrogen-bond acceptors (Lipinski definition) is 3. The maximum atomic E-state index is 12.5. The second-order valence-corrected chi connectivity index (χ2v) is 7.32. The minimum absolute atomic E-state index is 0.00238. The molecule has 0 aliphatic heterocycles. The first-order valence-electron chi connectivity index (χ1n) is 8.27. The zero-order valence-electron chi connectivity index (χ0n) is 14.0. The van der Waals surface area contributed by atoms with Crippen molar-refractivity contribution in [3.05, 3.63) is 56.8 Å². The Bertz CT molecular complexity index is 749. The van der Waals surface area contributed by atoms with Crippen LogP contribution in [-0.4, -0.2) is 18.9 Å². The van der Waals surface area contributed by atoms with E-state index in [2.05, 4.69) is 17.6 Å². The second-order valence-electron chi connectivity index (χ2n) is 6.36. The molecule has 2 aromatic rings. The summed E-state index contributed by atoms with van der Waals surface area (Å²) in [5.41, 5.74) is 3.68. The first-order valence-corrected chi connectivity index (χ1v) is 9.15. The second kappa shape index (κ2) is 7.18. The molecule has 126 valence electrons. The summed E-state index contributed by atoms with van der Waals surface area (Å²) >= 11 is 1.71. The summed E-state index contributed by atoms with van der Waals surface area (Å²) in [6.07, 6.45) is 3.25. The van der Waals surface area contributed by atoms with Crippen LogP contribution in [0.25, 0.3) is 0 Å². The van der Waals surface area contributed by atoms with Gasteiger partial charge in [0.2, 0.25) is 0 Å². The summed E-state index contributed by atoms with van der Waals surface area (Å²) in [5.74, 6) is 0.605. The topological polar surface area (TPSA) is 58.2 Å². The van der Waals surface area contributed by atoms with Gasteiger partial charge >= 0.3 is 0 Å². The van der Waals surface area contributed by atoms with Gasteiger partial charge in [-0.2, -0.15) is 0 Å². The average Bonchev–Trinajstić information content (AvgIpc) is 3.02. The lowest BCUT2D eigenvalue weighted by Crippen LogP contribution is -2.24. The molecule has 1 atom stereocenters. The van der Waals surface area contributed by atoms with Crippen molar-refractivity contribution in [2.24, 2.45) is 5.92 Å². The van der Waals surface area contributed by atoms with E-state index in [-0.39, 0.29) is 11.8 Å². The molecule has 1 aromatic heterocycles. The van der Waals surface area contributed by atoms with Gasteiger partial charge in [0.05, 0.1) is 5.56 Å². The average molecular weight is 342 g/mol. The maximum Gasteiger partial charge on any atom is 0.252 e. The number of thiophene rings is 1. The van der Waals surface area contributed by atoms with Crippen LogP contribution in [0.4, 0.5) is 0 Å². The minimum atomic E-state index is -0.107. The Labute approximate surface area is 146 Å². The van der Waals surface area contributed by atoms with Gasteiger partial charge in [-0.1, -0.05) is 19.1 Å². The van der Waals surface area contributed by atoms with Gasteiger partial charge < -0.3 is 10.6 Å². The van der Waals surface area contributed by atoms with Gasteiger partial charge in [0.15, 0.2) is 0 Å². The van der Waals surface area contributed by atoms with Crippen LogP contribution >= 0.6 is 11.3 Å². The number of fused-ring (bicyclic) bond motifs is 1. The maximum absolute atomic E-state index is 12.5. The number of carbonyl (C=O) groups is 2. The van der Waals surface area contributed by atoms with E-state index in [4.69, 9.17) is 0 Å². The summed E-state index contributed by atoms with van der Waals surface area (Å²) in [6.45, 7) is 2.73. The van der Waals surface area contributed by atoms with Gasteiger partial charge in [-0.3, -0.25) is 9.59 Å². The van der Waals surface area contributed by atoms with Crippen molar-refractivity contribution in [3.63, 3.8) is 0 Å². The van der Waals surface area contributed by atoms with Gasteiger partial charge in [-0.25, -0.2) is 0 Å². The summed E-state index contributed by atoms with van der Waals surface area (Å²) < 4.78 is 0. The van der Waals surface area contributed by atoms with Gasteiger partial charge in [0, 0.05) is 29.4 Å². The molecule has 1 heterocycles. The fraction of sp³-hybridized carbons (Fsp3) is 0.368. The molecule has 2 N–H and O–H groups in total. The predicted octanol–water partition coefficient (Wildman–Crippen LogP) is 3.16. The van der Waals surface area contributed by atoms with E-state index in [9.17, 15) is 9.59 Å².